The molecule has 1 aromatic carbocycles. The topological polar surface area (TPSA) is 24.9 Å². The van der Waals surface area contributed by atoms with Crippen LogP contribution in [0, 0.1) is 6.92 Å². The average molecular weight is 214 g/mol. The Labute approximate surface area is 96.7 Å². The first kappa shape index (κ1) is 10.9. The molecule has 0 amide bonds. The highest BCUT2D eigenvalue weighted by molar-refractivity contribution is 5.93. The van der Waals surface area contributed by atoms with Crippen LogP contribution in [-0.4, -0.2) is 12.0 Å². The molecule has 0 bridgehead atoms. The van der Waals surface area contributed by atoms with Crippen LogP contribution in [0.2, 0.25) is 0 Å². The van der Waals surface area contributed by atoms with E-state index in [0.29, 0.717) is 5.92 Å². The van der Waals surface area contributed by atoms with Crippen LogP contribution >= 0.6 is 0 Å². The van der Waals surface area contributed by atoms with Crippen molar-refractivity contribution in [3.63, 3.8) is 0 Å². The molecule has 2 heteroatoms. The maximum Gasteiger partial charge on any atom is 0.0755 e. The van der Waals surface area contributed by atoms with Crippen LogP contribution in [0.25, 0.3) is 10.9 Å². The Balaban J connectivity index is 2.79. The summed E-state index contributed by atoms with van der Waals surface area (Å²) in [4.78, 5) is 4.74. The van der Waals surface area contributed by atoms with Crippen molar-refractivity contribution in [2.24, 2.45) is 0 Å². The molecule has 0 radical (unpaired) electrons. The third kappa shape index (κ3) is 1.75. The second-order valence-electron chi connectivity index (χ2n) is 4.47. The largest absolute Gasteiger partial charge is 0.388 e. The number of nitrogens with one attached hydrogen (secondary N) is 1. The standard InChI is InChI=1S/C14H18N2/c1-9(2)12-8-13(15-4)11-7-5-6-10(3)14(11)16-12/h5-9H,1-4H3,(H,15,16). The molecule has 0 saturated heterocycles. The van der Waals surface area contributed by atoms with E-state index in [4.69, 9.17) is 4.98 Å². The van der Waals surface area contributed by atoms with Crippen molar-refractivity contribution in [2.75, 3.05) is 12.4 Å². The fourth-order valence-corrected chi connectivity index (χ4v) is 1.91. The smallest absolute Gasteiger partial charge is 0.0755 e. The molecule has 84 valence electrons. The van der Waals surface area contributed by atoms with Crippen LogP contribution in [0.4, 0.5) is 5.69 Å². The van der Waals surface area contributed by atoms with Crippen LogP contribution in [-0.2, 0) is 0 Å². The van der Waals surface area contributed by atoms with E-state index < -0.39 is 0 Å². The Bertz CT molecular complexity index is 515. The predicted octanol–water partition coefficient (Wildman–Crippen LogP) is 3.71. The molecule has 0 spiro atoms. The van der Waals surface area contributed by atoms with E-state index in [1.807, 2.05) is 7.05 Å². The number of anilines is 1. The van der Waals surface area contributed by atoms with Gasteiger partial charge in [0, 0.05) is 23.8 Å². The summed E-state index contributed by atoms with van der Waals surface area (Å²) in [5, 5.41) is 4.45. The van der Waals surface area contributed by atoms with Crippen molar-refractivity contribution in [1.29, 1.82) is 0 Å². The van der Waals surface area contributed by atoms with E-state index in [-0.39, 0.29) is 0 Å². The predicted molar refractivity (Wildman–Crippen MR) is 70.1 cm³/mol. The lowest BCUT2D eigenvalue weighted by atomic mass is 10.0. The van der Waals surface area contributed by atoms with E-state index in [2.05, 4.69) is 50.4 Å². The molecule has 0 aliphatic heterocycles. The van der Waals surface area contributed by atoms with E-state index in [1.54, 1.807) is 0 Å². The first-order chi connectivity index (χ1) is 7.63. The highest BCUT2D eigenvalue weighted by atomic mass is 14.8. The Morgan fingerprint density at radius 3 is 2.62 bits per heavy atom. The minimum atomic E-state index is 0.455. The zero-order valence-electron chi connectivity index (χ0n) is 10.3. The molecule has 0 aliphatic rings. The molecule has 2 rings (SSSR count). The fraction of sp³-hybridized carbons (Fsp3) is 0.357. The number of aromatic nitrogens is 1. The van der Waals surface area contributed by atoms with Crippen molar-refractivity contribution in [3.8, 4) is 0 Å². The molecule has 0 atom stereocenters. The minimum absolute atomic E-state index is 0.455. The summed E-state index contributed by atoms with van der Waals surface area (Å²) in [6.07, 6.45) is 0. The monoisotopic (exact) mass is 214 g/mol. The van der Waals surface area contributed by atoms with Gasteiger partial charge >= 0.3 is 0 Å². The second kappa shape index (κ2) is 4.12. The highest BCUT2D eigenvalue weighted by Crippen LogP contribution is 2.27. The number of rotatable bonds is 2. The normalized spacial score (nSPS) is 11.1. The lowest BCUT2D eigenvalue weighted by Crippen LogP contribution is -1.99. The molecule has 0 fully saturated rings. The van der Waals surface area contributed by atoms with Crippen LogP contribution in [0.3, 0.4) is 0 Å². The molecule has 2 aromatic rings. The summed E-state index contributed by atoms with van der Waals surface area (Å²) in [5.74, 6) is 0.455. The first-order valence-electron chi connectivity index (χ1n) is 5.71. The van der Waals surface area contributed by atoms with E-state index >= 15 is 0 Å². The van der Waals surface area contributed by atoms with Gasteiger partial charge in [-0.15, -0.1) is 0 Å². The SMILES string of the molecule is CNc1cc(C(C)C)nc2c(C)cccc12. The third-order valence-electron chi connectivity index (χ3n) is 2.92. The quantitative estimate of drug-likeness (QED) is 0.824. The van der Waals surface area contributed by atoms with Gasteiger partial charge in [0.1, 0.15) is 0 Å². The van der Waals surface area contributed by atoms with Gasteiger partial charge in [-0.05, 0) is 24.5 Å². The molecular weight excluding hydrogens is 196 g/mol. The Hall–Kier alpha value is -1.57. The number of hydrogen-bond acceptors (Lipinski definition) is 2. The summed E-state index contributed by atoms with van der Waals surface area (Å²) in [6.45, 7) is 6.46. The number of hydrogen-bond donors (Lipinski definition) is 1. The van der Waals surface area contributed by atoms with Gasteiger partial charge in [0.2, 0.25) is 0 Å². The number of benzene rings is 1. The summed E-state index contributed by atoms with van der Waals surface area (Å²) >= 11 is 0. The van der Waals surface area contributed by atoms with Crippen molar-refractivity contribution in [2.45, 2.75) is 26.7 Å². The van der Waals surface area contributed by atoms with Crippen molar-refractivity contribution < 1.29 is 0 Å². The van der Waals surface area contributed by atoms with Crippen molar-refractivity contribution in [3.05, 3.63) is 35.5 Å². The molecule has 0 saturated carbocycles. The number of pyridine rings is 1. The number of para-hydroxylation sites is 1. The van der Waals surface area contributed by atoms with Crippen LogP contribution in [0.15, 0.2) is 24.3 Å². The zero-order valence-corrected chi connectivity index (χ0v) is 10.3. The van der Waals surface area contributed by atoms with Crippen molar-refractivity contribution >= 4 is 16.6 Å². The van der Waals surface area contributed by atoms with E-state index in [1.165, 1.54) is 10.9 Å². The molecule has 0 aliphatic carbocycles. The maximum atomic E-state index is 4.74. The lowest BCUT2D eigenvalue weighted by Gasteiger charge is -2.12. The van der Waals surface area contributed by atoms with Gasteiger partial charge in [-0.1, -0.05) is 32.0 Å². The average Bonchev–Trinajstić information content (AvgIpc) is 2.28. The highest BCUT2D eigenvalue weighted by Gasteiger charge is 2.08. The van der Waals surface area contributed by atoms with Gasteiger partial charge in [0.05, 0.1) is 5.52 Å². The van der Waals surface area contributed by atoms with Crippen LogP contribution in [0.1, 0.15) is 31.0 Å². The Morgan fingerprint density at radius 2 is 2.00 bits per heavy atom. The number of aryl methyl sites for hydroxylation is 1. The van der Waals surface area contributed by atoms with Gasteiger partial charge in [0.25, 0.3) is 0 Å². The maximum absolute atomic E-state index is 4.74. The lowest BCUT2D eigenvalue weighted by molar-refractivity contribution is 0.830. The first-order valence-corrected chi connectivity index (χ1v) is 5.71. The minimum Gasteiger partial charge on any atom is -0.388 e. The zero-order chi connectivity index (χ0) is 11.7. The molecule has 1 aromatic heterocycles. The summed E-state index contributed by atoms with van der Waals surface area (Å²) < 4.78 is 0. The summed E-state index contributed by atoms with van der Waals surface area (Å²) in [7, 11) is 1.96. The van der Waals surface area contributed by atoms with Gasteiger partial charge in [-0.3, -0.25) is 4.98 Å². The third-order valence-corrected chi connectivity index (χ3v) is 2.92. The van der Waals surface area contributed by atoms with E-state index in [0.717, 1.165) is 16.9 Å². The van der Waals surface area contributed by atoms with Crippen LogP contribution in [0.5, 0.6) is 0 Å². The number of fused-ring (bicyclic) bond motifs is 1. The van der Waals surface area contributed by atoms with Gasteiger partial charge in [0.15, 0.2) is 0 Å². The molecule has 1 heterocycles. The summed E-state index contributed by atoms with van der Waals surface area (Å²) in [6, 6.07) is 8.45. The Kier molecular flexibility index (Phi) is 2.82. The second-order valence-corrected chi connectivity index (χ2v) is 4.47. The van der Waals surface area contributed by atoms with Gasteiger partial charge in [-0.2, -0.15) is 0 Å². The molecule has 16 heavy (non-hydrogen) atoms. The number of nitrogens with zero attached hydrogens (tertiary/aromatic N) is 1. The molecule has 1 N–H and O–H groups in total. The van der Waals surface area contributed by atoms with E-state index in [9.17, 15) is 0 Å². The van der Waals surface area contributed by atoms with Crippen molar-refractivity contribution in [1.82, 2.24) is 4.98 Å². The fourth-order valence-electron chi connectivity index (χ4n) is 1.91. The van der Waals surface area contributed by atoms with Gasteiger partial charge < -0.3 is 5.32 Å². The Morgan fingerprint density at radius 1 is 1.25 bits per heavy atom. The summed E-state index contributed by atoms with van der Waals surface area (Å²) in [5.41, 5.74) is 4.65. The molecule has 2 nitrogen and oxygen atoms in total. The van der Waals surface area contributed by atoms with Crippen LogP contribution < -0.4 is 5.32 Å². The molecular formula is C14H18N2. The molecule has 0 unspecified atom stereocenters. The van der Waals surface area contributed by atoms with Gasteiger partial charge in [-0.25, -0.2) is 0 Å².